The van der Waals surface area contributed by atoms with Gasteiger partial charge in [0.2, 0.25) is 4.88 Å². The van der Waals surface area contributed by atoms with Crippen LogP contribution in [0.2, 0.25) is 10.2 Å². The number of nitrogens with zero attached hydrogens (tertiary/aromatic N) is 1. The molecule has 0 atom stereocenters. The molecule has 13 heavy (non-hydrogen) atoms. The van der Waals surface area contributed by atoms with Gasteiger partial charge in [-0.05, 0) is 18.5 Å². The smallest absolute Gasteiger partial charge is 0.356 e. The van der Waals surface area contributed by atoms with Crippen LogP contribution >= 0.6 is 34.7 Å². The summed E-state index contributed by atoms with van der Waals surface area (Å²) >= 11 is 12.7. The van der Waals surface area contributed by atoms with Crippen molar-refractivity contribution in [2.75, 3.05) is 6.61 Å². The largest absolute Gasteiger partial charge is 0.462 e. The summed E-state index contributed by atoms with van der Waals surface area (Å²) in [7, 11) is 1.72. The van der Waals surface area contributed by atoms with Gasteiger partial charge in [0.15, 0.2) is 23.6 Å². The van der Waals surface area contributed by atoms with E-state index in [4.69, 9.17) is 27.9 Å². The van der Waals surface area contributed by atoms with E-state index < -0.39 is 5.97 Å². The van der Waals surface area contributed by atoms with Gasteiger partial charge in [0.1, 0.15) is 0 Å². The highest BCUT2D eigenvalue weighted by Gasteiger charge is 2.26. The zero-order valence-electron chi connectivity index (χ0n) is 7.13. The fourth-order valence-corrected chi connectivity index (χ4v) is 2.14. The Kier molecular flexibility index (Phi) is 3.53. The SMILES string of the molecule is CCOC(=O)c1s[n+](C)c(Cl)c1Cl. The van der Waals surface area contributed by atoms with Gasteiger partial charge in [0.05, 0.1) is 6.61 Å². The number of carbonyl (C=O) groups is 1. The van der Waals surface area contributed by atoms with Crippen LogP contribution in [0, 0.1) is 0 Å². The summed E-state index contributed by atoms with van der Waals surface area (Å²) in [5, 5.41) is 0.613. The average molecular weight is 241 g/mol. The lowest BCUT2D eigenvalue weighted by atomic mass is 10.5. The molecule has 3 nitrogen and oxygen atoms in total. The van der Waals surface area contributed by atoms with Gasteiger partial charge in [-0.15, -0.1) is 3.96 Å². The number of halogens is 2. The summed E-state index contributed by atoms with van der Waals surface area (Å²) in [6, 6.07) is 0. The zero-order chi connectivity index (χ0) is 10.0. The number of ether oxygens (including phenoxy) is 1. The van der Waals surface area contributed by atoms with Crippen molar-refractivity contribution in [1.82, 2.24) is 0 Å². The van der Waals surface area contributed by atoms with E-state index in [1.54, 1.807) is 17.9 Å². The molecule has 72 valence electrons. The third kappa shape index (κ3) is 2.13. The van der Waals surface area contributed by atoms with Crippen molar-refractivity contribution in [2.24, 2.45) is 7.05 Å². The molecule has 0 amide bonds. The first kappa shape index (κ1) is 10.8. The van der Waals surface area contributed by atoms with Crippen molar-refractivity contribution in [3.05, 3.63) is 15.1 Å². The first-order chi connectivity index (χ1) is 6.07. The van der Waals surface area contributed by atoms with Crippen LogP contribution in [0.15, 0.2) is 0 Å². The van der Waals surface area contributed by atoms with Gasteiger partial charge < -0.3 is 4.74 Å². The van der Waals surface area contributed by atoms with Gasteiger partial charge in [-0.2, -0.15) is 0 Å². The van der Waals surface area contributed by atoms with Crippen LogP contribution in [0.5, 0.6) is 0 Å². The topological polar surface area (TPSA) is 30.2 Å². The molecular formula is C7H8Cl2NO2S+. The lowest BCUT2D eigenvalue weighted by molar-refractivity contribution is -0.598. The molecule has 0 unspecified atom stereocenters. The molecule has 0 fully saturated rings. The Morgan fingerprint density at radius 3 is 2.62 bits per heavy atom. The Balaban J connectivity index is 3.01. The van der Waals surface area contributed by atoms with Crippen molar-refractivity contribution < 1.29 is 13.5 Å². The molecule has 0 N–H and O–H groups in total. The Labute approximate surface area is 90.0 Å². The van der Waals surface area contributed by atoms with Crippen LogP contribution in [0.4, 0.5) is 0 Å². The van der Waals surface area contributed by atoms with Crippen LogP contribution in [0.25, 0.3) is 0 Å². The van der Waals surface area contributed by atoms with Crippen LogP contribution in [0.3, 0.4) is 0 Å². The van der Waals surface area contributed by atoms with Crippen LogP contribution < -0.4 is 3.96 Å². The zero-order valence-corrected chi connectivity index (χ0v) is 9.46. The second-order valence-electron chi connectivity index (χ2n) is 2.24. The highest BCUT2D eigenvalue weighted by molar-refractivity contribution is 7.05. The van der Waals surface area contributed by atoms with E-state index in [1.165, 1.54) is 11.5 Å². The van der Waals surface area contributed by atoms with Crippen LogP contribution in [0.1, 0.15) is 16.6 Å². The lowest BCUT2D eigenvalue weighted by Gasteiger charge is -1.94. The lowest BCUT2D eigenvalue weighted by Crippen LogP contribution is -2.22. The fourth-order valence-electron chi connectivity index (χ4n) is 0.773. The first-order valence-corrected chi connectivity index (χ1v) is 5.12. The number of rotatable bonds is 2. The van der Waals surface area contributed by atoms with Crippen molar-refractivity contribution in [3.8, 4) is 0 Å². The van der Waals surface area contributed by atoms with Crippen molar-refractivity contribution in [1.29, 1.82) is 0 Å². The molecule has 1 aromatic rings. The van der Waals surface area contributed by atoms with Gasteiger partial charge in [-0.3, -0.25) is 0 Å². The number of hydrogen-bond donors (Lipinski definition) is 0. The molecule has 1 heterocycles. The van der Waals surface area contributed by atoms with Crippen LogP contribution in [-0.4, -0.2) is 12.6 Å². The van der Waals surface area contributed by atoms with E-state index in [0.717, 1.165) is 0 Å². The predicted molar refractivity (Wildman–Crippen MR) is 51.5 cm³/mol. The second-order valence-corrected chi connectivity index (χ2v) is 4.12. The Morgan fingerprint density at radius 1 is 1.62 bits per heavy atom. The molecule has 1 aromatic heterocycles. The van der Waals surface area contributed by atoms with Crippen LogP contribution in [-0.2, 0) is 11.8 Å². The third-order valence-electron chi connectivity index (χ3n) is 1.35. The summed E-state index contributed by atoms with van der Waals surface area (Å²) in [5.74, 6) is -0.431. The molecule has 0 aromatic carbocycles. The maximum Gasteiger partial charge on any atom is 0.356 e. The fraction of sp³-hybridized carbons (Fsp3) is 0.429. The minimum atomic E-state index is -0.431. The highest BCUT2D eigenvalue weighted by Crippen LogP contribution is 2.27. The molecule has 0 radical (unpaired) electrons. The Morgan fingerprint density at radius 2 is 2.23 bits per heavy atom. The van der Waals surface area contributed by atoms with Gasteiger partial charge >= 0.3 is 11.1 Å². The maximum absolute atomic E-state index is 11.3. The van der Waals surface area contributed by atoms with Crippen molar-refractivity contribution >= 4 is 40.7 Å². The van der Waals surface area contributed by atoms with E-state index in [2.05, 4.69) is 0 Å². The molecule has 0 saturated heterocycles. The average Bonchev–Trinajstić information content (AvgIpc) is 2.33. The Bertz CT molecular complexity index is 337. The molecule has 0 aliphatic carbocycles. The minimum absolute atomic E-state index is 0.257. The maximum atomic E-state index is 11.3. The quantitative estimate of drug-likeness (QED) is 0.586. The molecule has 6 heteroatoms. The minimum Gasteiger partial charge on any atom is -0.462 e. The number of hydrogen-bond acceptors (Lipinski definition) is 3. The van der Waals surface area contributed by atoms with E-state index in [0.29, 0.717) is 16.6 Å². The third-order valence-corrected chi connectivity index (χ3v) is 3.48. The summed E-state index contributed by atoms with van der Waals surface area (Å²) < 4.78 is 6.40. The Hall–Kier alpha value is -0.320. The molecule has 0 bridgehead atoms. The highest BCUT2D eigenvalue weighted by atomic mass is 35.5. The molecule has 1 rings (SSSR count). The van der Waals surface area contributed by atoms with Crippen molar-refractivity contribution in [2.45, 2.75) is 6.92 Å². The van der Waals surface area contributed by atoms with Gasteiger partial charge in [0.25, 0.3) is 0 Å². The number of carbonyl (C=O) groups excluding carboxylic acids is 1. The standard InChI is InChI=1S/C7H8Cl2NO2S/c1-3-12-7(11)5-4(8)6(9)10(2)13-5/h3H2,1-2H3/q+1. The van der Waals surface area contributed by atoms with Gasteiger partial charge in [-0.1, -0.05) is 11.6 Å². The van der Waals surface area contributed by atoms with Gasteiger partial charge in [0, 0.05) is 0 Å². The van der Waals surface area contributed by atoms with E-state index in [1.807, 2.05) is 0 Å². The molecule has 0 saturated carbocycles. The van der Waals surface area contributed by atoms with E-state index in [-0.39, 0.29) is 5.02 Å². The molecule has 0 aliphatic heterocycles. The monoisotopic (exact) mass is 240 g/mol. The number of aromatic nitrogens is 1. The van der Waals surface area contributed by atoms with E-state index in [9.17, 15) is 4.79 Å². The number of aryl methyl sites for hydroxylation is 1. The second kappa shape index (κ2) is 4.26. The summed E-state index contributed by atoms with van der Waals surface area (Å²) in [6.45, 7) is 2.06. The summed E-state index contributed by atoms with van der Waals surface area (Å²) in [4.78, 5) is 11.6. The molecular weight excluding hydrogens is 233 g/mol. The van der Waals surface area contributed by atoms with E-state index >= 15 is 0 Å². The predicted octanol–water partition coefficient (Wildman–Crippen LogP) is 2.06. The summed E-state index contributed by atoms with van der Waals surface area (Å²) in [5.41, 5.74) is 0. The van der Waals surface area contributed by atoms with Gasteiger partial charge in [-0.25, -0.2) is 4.79 Å². The number of esters is 1. The summed E-state index contributed by atoms with van der Waals surface area (Å²) in [6.07, 6.45) is 0. The molecule has 0 spiro atoms. The molecule has 0 aliphatic rings. The van der Waals surface area contributed by atoms with Crippen molar-refractivity contribution in [3.63, 3.8) is 0 Å². The normalized spacial score (nSPS) is 10.2. The first-order valence-electron chi connectivity index (χ1n) is 3.59.